The number of rotatable bonds is 4. The molecule has 1 N–H and O–H groups in total. The third-order valence-electron chi connectivity index (χ3n) is 6.03. The molecule has 1 unspecified atom stereocenters. The van der Waals surface area contributed by atoms with Crippen LogP contribution < -0.4 is 4.74 Å². The lowest BCUT2D eigenvalue weighted by atomic mass is 9.97. The lowest BCUT2D eigenvalue weighted by Gasteiger charge is -2.16. The van der Waals surface area contributed by atoms with Crippen LogP contribution in [0, 0.1) is 6.92 Å². The minimum atomic E-state index is -1.67. The van der Waals surface area contributed by atoms with Crippen molar-refractivity contribution in [2.75, 3.05) is 20.7 Å². The number of aliphatic hydroxyl groups is 1. The Hall–Kier alpha value is -3.72. The zero-order valence-electron chi connectivity index (χ0n) is 18.3. The molecule has 1 aliphatic rings. The first-order chi connectivity index (χ1) is 15.3. The number of likely N-dealkylation sites (tertiary alicyclic amines) is 1. The van der Waals surface area contributed by atoms with Crippen molar-refractivity contribution in [3.05, 3.63) is 47.9 Å². The van der Waals surface area contributed by atoms with Crippen LogP contribution in [-0.2, 0) is 17.4 Å². The zero-order valence-corrected chi connectivity index (χ0v) is 18.3. The Morgan fingerprint density at radius 2 is 1.91 bits per heavy atom. The van der Waals surface area contributed by atoms with E-state index in [0.29, 0.717) is 18.0 Å². The summed E-state index contributed by atoms with van der Waals surface area (Å²) in [7, 11) is 5.14. The number of fused-ring (bicyclic) bond motifs is 1. The first-order valence-electron chi connectivity index (χ1n) is 10.3. The van der Waals surface area contributed by atoms with E-state index >= 15 is 0 Å². The predicted molar refractivity (Wildman–Crippen MR) is 117 cm³/mol. The first-order valence-corrected chi connectivity index (χ1v) is 10.3. The smallest absolute Gasteiger partial charge is 0.262 e. The second-order valence-corrected chi connectivity index (χ2v) is 8.11. The normalized spacial score (nSPS) is 18.7. The highest BCUT2D eigenvalue weighted by Crippen LogP contribution is 2.36. The van der Waals surface area contributed by atoms with Gasteiger partial charge in [-0.2, -0.15) is 5.10 Å². The summed E-state index contributed by atoms with van der Waals surface area (Å²) in [5, 5.41) is 20.3. The monoisotopic (exact) mass is 433 g/mol. The van der Waals surface area contributed by atoms with Gasteiger partial charge in [0.15, 0.2) is 11.4 Å². The molecule has 32 heavy (non-hydrogen) atoms. The third-order valence-corrected chi connectivity index (χ3v) is 6.03. The molecule has 0 aliphatic carbocycles. The Morgan fingerprint density at radius 1 is 1.16 bits per heavy atom. The van der Waals surface area contributed by atoms with Crippen molar-refractivity contribution in [2.24, 2.45) is 7.05 Å². The largest absolute Gasteiger partial charge is 0.496 e. The number of aromatic nitrogens is 4. The van der Waals surface area contributed by atoms with E-state index < -0.39 is 5.60 Å². The van der Waals surface area contributed by atoms with Crippen molar-refractivity contribution >= 4 is 16.9 Å². The van der Waals surface area contributed by atoms with Crippen LogP contribution in [0.15, 0.2) is 40.9 Å². The standard InChI is InChI=1S/C23H23N5O4/c1-13-20-18(31-4)11-16(24-21(20)28(3)25-13)14-6-5-7-15(10-14)17-12-19(32-26-17)23(30)8-9-27(2)22(23)29/h5-7,10-12,30H,8-9H2,1-4H3. The van der Waals surface area contributed by atoms with E-state index in [0.717, 1.165) is 33.5 Å². The molecule has 9 nitrogen and oxygen atoms in total. The van der Waals surface area contributed by atoms with Crippen LogP contribution >= 0.6 is 0 Å². The topological polar surface area (TPSA) is 107 Å². The van der Waals surface area contributed by atoms with Gasteiger partial charge in [-0.1, -0.05) is 23.4 Å². The van der Waals surface area contributed by atoms with Gasteiger partial charge in [-0.3, -0.25) is 9.48 Å². The SMILES string of the molecule is COc1cc(-c2cccc(-c3cc(C4(O)CCN(C)C4=O)on3)c2)nc2c1c(C)nn2C. The Morgan fingerprint density at radius 3 is 2.59 bits per heavy atom. The number of benzene rings is 1. The van der Waals surface area contributed by atoms with Crippen LogP contribution in [0.2, 0.25) is 0 Å². The maximum absolute atomic E-state index is 12.4. The number of likely N-dealkylation sites (N-methyl/N-ethyl adjacent to an activating group) is 1. The van der Waals surface area contributed by atoms with Gasteiger partial charge in [0.25, 0.3) is 5.91 Å². The Kier molecular flexibility index (Phi) is 4.52. The second kappa shape index (κ2) is 7.16. The molecule has 164 valence electrons. The van der Waals surface area contributed by atoms with E-state index in [4.69, 9.17) is 14.2 Å². The van der Waals surface area contributed by atoms with Crippen LogP contribution in [-0.4, -0.2) is 56.5 Å². The van der Waals surface area contributed by atoms with Gasteiger partial charge < -0.3 is 19.3 Å². The van der Waals surface area contributed by atoms with Crippen LogP contribution in [0.4, 0.5) is 0 Å². The van der Waals surface area contributed by atoms with E-state index in [1.165, 1.54) is 4.90 Å². The lowest BCUT2D eigenvalue weighted by molar-refractivity contribution is -0.144. The molecule has 1 atom stereocenters. The molecule has 9 heteroatoms. The fourth-order valence-electron chi connectivity index (χ4n) is 4.24. The number of amides is 1. The first kappa shape index (κ1) is 20.2. The summed E-state index contributed by atoms with van der Waals surface area (Å²) in [5.41, 5.74) is 2.82. The molecule has 0 bridgehead atoms. The zero-order chi connectivity index (χ0) is 22.6. The minimum Gasteiger partial charge on any atom is -0.496 e. The van der Waals surface area contributed by atoms with Gasteiger partial charge >= 0.3 is 0 Å². The Bertz CT molecular complexity index is 1360. The molecule has 1 aromatic carbocycles. The van der Waals surface area contributed by atoms with E-state index in [-0.39, 0.29) is 18.1 Å². The van der Waals surface area contributed by atoms with Crippen LogP contribution in [0.3, 0.4) is 0 Å². The number of carbonyl (C=O) groups excluding carboxylic acids is 1. The Balaban J connectivity index is 1.55. The molecule has 1 fully saturated rings. The number of hydrogen-bond donors (Lipinski definition) is 1. The number of aryl methyl sites for hydroxylation is 2. The molecular weight excluding hydrogens is 410 g/mol. The average Bonchev–Trinajstić information content (AvgIpc) is 3.48. The molecule has 5 rings (SSSR count). The fourth-order valence-corrected chi connectivity index (χ4v) is 4.24. The minimum absolute atomic E-state index is 0.152. The number of methoxy groups -OCH3 is 1. The Labute approximate surface area is 184 Å². The van der Waals surface area contributed by atoms with Crippen molar-refractivity contribution in [2.45, 2.75) is 18.9 Å². The molecule has 4 heterocycles. The summed E-state index contributed by atoms with van der Waals surface area (Å²) in [5.74, 6) is 0.472. The lowest BCUT2D eigenvalue weighted by Crippen LogP contribution is -2.35. The highest BCUT2D eigenvalue weighted by atomic mass is 16.5. The summed E-state index contributed by atoms with van der Waals surface area (Å²) < 4.78 is 12.7. The van der Waals surface area contributed by atoms with Crippen LogP contribution in [0.1, 0.15) is 17.9 Å². The quantitative estimate of drug-likeness (QED) is 0.527. The van der Waals surface area contributed by atoms with Crippen molar-refractivity contribution in [1.29, 1.82) is 0 Å². The van der Waals surface area contributed by atoms with Crippen LogP contribution in [0.25, 0.3) is 33.5 Å². The van der Waals surface area contributed by atoms with Crippen LogP contribution in [0.5, 0.6) is 5.75 Å². The molecule has 1 aliphatic heterocycles. The fraction of sp³-hybridized carbons (Fsp3) is 0.304. The predicted octanol–water partition coefficient (Wildman–Crippen LogP) is 2.66. The molecule has 0 radical (unpaired) electrons. The van der Waals surface area contributed by atoms with E-state index in [1.807, 2.05) is 44.3 Å². The van der Waals surface area contributed by atoms with Gasteiger partial charge in [-0.25, -0.2) is 4.98 Å². The second-order valence-electron chi connectivity index (χ2n) is 8.11. The van der Waals surface area contributed by atoms with Gasteiger partial charge in [0.05, 0.1) is 23.9 Å². The number of pyridine rings is 1. The van der Waals surface area contributed by atoms with Crippen molar-refractivity contribution < 1.29 is 19.2 Å². The summed E-state index contributed by atoms with van der Waals surface area (Å²) in [6, 6.07) is 11.2. The molecule has 1 amide bonds. The molecule has 1 saturated heterocycles. The highest BCUT2D eigenvalue weighted by molar-refractivity contribution is 5.89. The van der Waals surface area contributed by atoms with Crippen molar-refractivity contribution in [1.82, 2.24) is 24.8 Å². The summed E-state index contributed by atoms with van der Waals surface area (Å²) in [6.45, 7) is 2.39. The van der Waals surface area contributed by atoms with E-state index in [9.17, 15) is 9.90 Å². The molecule has 4 aromatic rings. The number of ether oxygens (including phenoxy) is 1. The van der Waals surface area contributed by atoms with Crippen molar-refractivity contribution in [3.8, 4) is 28.3 Å². The molecular formula is C23H23N5O4. The summed E-state index contributed by atoms with van der Waals surface area (Å²) >= 11 is 0. The number of carbonyl (C=O) groups is 1. The summed E-state index contributed by atoms with van der Waals surface area (Å²) in [6.07, 6.45) is 0.269. The van der Waals surface area contributed by atoms with Gasteiger partial charge in [-0.05, 0) is 13.0 Å². The number of nitrogens with zero attached hydrogens (tertiary/aromatic N) is 5. The van der Waals surface area contributed by atoms with Gasteiger partial charge in [0.2, 0.25) is 5.60 Å². The molecule has 0 spiro atoms. The molecule has 0 saturated carbocycles. The number of hydrogen-bond acceptors (Lipinski definition) is 7. The van der Waals surface area contributed by atoms with E-state index in [1.54, 1.807) is 24.9 Å². The van der Waals surface area contributed by atoms with Gasteiger partial charge in [0, 0.05) is 50.3 Å². The highest BCUT2D eigenvalue weighted by Gasteiger charge is 2.48. The average molecular weight is 433 g/mol. The summed E-state index contributed by atoms with van der Waals surface area (Å²) in [4.78, 5) is 18.6. The van der Waals surface area contributed by atoms with E-state index in [2.05, 4.69) is 10.3 Å². The molecule has 3 aromatic heterocycles. The van der Waals surface area contributed by atoms with Gasteiger partial charge in [0.1, 0.15) is 11.4 Å². The van der Waals surface area contributed by atoms with Gasteiger partial charge in [-0.15, -0.1) is 0 Å². The maximum Gasteiger partial charge on any atom is 0.262 e. The van der Waals surface area contributed by atoms with Crippen molar-refractivity contribution in [3.63, 3.8) is 0 Å². The third kappa shape index (κ3) is 2.96. The maximum atomic E-state index is 12.4.